The van der Waals surface area contributed by atoms with Crippen molar-refractivity contribution in [1.82, 2.24) is 5.32 Å². The number of rotatable bonds is 65. The van der Waals surface area contributed by atoms with Gasteiger partial charge in [0.15, 0.2) is 18.9 Å². The summed E-state index contributed by atoms with van der Waals surface area (Å²) in [5.41, 5.74) is 0. The molecule has 0 aliphatic carbocycles. The largest absolute Gasteiger partial charge is 0.394 e. The standard InChI is InChI=1S/C88H149NO18/c1-3-5-7-9-11-13-15-17-19-21-23-25-27-29-30-31-32-33-34-35-36-37-38-39-40-42-44-46-48-50-52-54-56-58-60-62-64-66-76(94)89-71(72(93)65-63-61-59-57-55-53-51-49-47-45-43-41-28-26-24-22-20-18-16-14-12-10-8-6-4-2)70-102-86-82(100)79(97)84(74(68-91)104-86)107-88-83(101)80(98)85(75(69-92)105-88)106-87-81(99)78(96)77(95)73(67-90)103-87/h5,7,11,13,17,19,23,25,29-30,32-33,35-36,38-39,42,44,55,57,63,65,71-75,77-88,90-93,95-101H,3-4,6,8-10,12,14-16,18,20-22,24,26-28,31,34,37,40-41,43,45-54,56,58-62,64,66-70H2,1-2H3,(H,89,94)/b7-5-,13-11-,19-17-,25-23-,30-29-,33-32-,36-35-,39-38-,44-42-,57-55+,65-63+. The summed E-state index contributed by atoms with van der Waals surface area (Å²) in [4.78, 5) is 13.5. The number of aliphatic hydroxyl groups is 11. The van der Waals surface area contributed by atoms with Crippen molar-refractivity contribution in [3.05, 3.63) is 134 Å². The fourth-order valence-electron chi connectivity index (χ4n) is 13.3. The van der Waals surface area contributed by atoms with Gasteiger partial charge in [-0.2, -0.15) is 0 Å². The Morgan fingerprint density at radius 1 is 0.346 bits per heavy atom. The average Bonchev–Trinajstić information content (AvgIpc) is 0.781. The van der Waals surface area contributed by atoms with Crippen molar-refractivity contribution in [2.45, 2.75) is 388 Å². The number of hydrogen-bond donors (Lipinski definition) is 12. The van der Waals surface area contributed by atoms with Crippen LogP contribution in [-0.4, -0.2) is 193 Å². The van der Waals surface area contributed by atoms with Gasteiger partial charge in [-0.15, -0.1) is 0 Å². The summed E-state index contributed by atoms with van der Waals surface area (Å²) < 4.78 is 34.4. The Balaban J connectivity index is 1.37. The third kappa shape index (κ3) is 45.9. The molecule has 1 amide bonds. The Morgan fingerprint density at radius 3 is 1.05 bits per heavy atom. The average molecular weight is 1510 g/mol. The minimum absolute atomic E-state index is 0.220. The van der Waals surface area contributed by atoms with E-state index in [0.29, 0.717) is 12.8 Å². The van der Waals surface area contributed by atoms with Crippen LogP contribution in [0.3, 0.4) is 0 Å². The number of unbranched alkanes of at least 4 members (excludes halogenated alkanes) is 29. The molecule has 0 radical (unpaired) electrons. The van der Waals surface area contributed by atoms with Gasteiger partial charge in [0.05, 0.1) is 38.6 Å². The Kier molecular flexibility index (Phi) is 60.4. The Labute approximate surface area is 645 Å². The first-order valence-corrected chi connectivity index (χ1v) is 41.9. The van der Waals surface area contributed by atoms with Crippen LogP contribution in [0, 0.1) is 0 Å². The van der Waals surface area contributed by atoms with Crippen LogP contribution in [0.4, 0.5) is 0 Å². The van der Waals surface area contributed by atoms with Crippen LogP contribution in [0.25, 0.3) is 0 Å². The highest BCUT2D eigenvalue weighted by molar-refractivity contribution is 5.76. The van der Waals surface area contributed by atoms with E-state index < -0.39 is 124 Å². The van der Waals surface area contributed by atoms with E-state index in [1.165, 1.54) is 141 Å². The van der Waals surface area contributed by atoms with E-state index in [2.05, 4.69) is 141 Å². The number of aliphatic hydroxyl groups excluding tert-OH is 11. The Morgan fingerprint density at radius 2 is 0.654 bits per heavy atom. The van der Waals surface area contributed by atoms with Crippen LogP contribution in [0.15, 0.2) is 134 Å². The molecule has 12 N–H and O–H groups in total. The maximum atomic E-state index is 13.5. The second-order valence-corrected chi connectivity index (χ2v) is 29.2. The van der Waals surface area contributed by atoms with Crippen molar-refractivity contribution in [3.8, 4) is 0 Å². The lowest BCUT2D eigenvalue weighted by Crippen LogP contribution is -2.66. The van der Waals surface area contributed by atoms with E-state index in [0.717, 1.165) is 109 Å². The van der Waals surface area contributed by atoms with Crippen LogP contribution in [0.1, 0.15) is 284 Å². The van der Waals surface area contributed by atoms with Gasteiger partial charge in [-0.25, -0.2) is 0 Å². The summed E-state index contributed by atoms with van der Waals surface area (Å²) in [5.74, 6) is -0.295. The Hall–Kier alpha value is -4.07. The fourth-order valence-corrected chi connectivity index (χ4v) is 13.3. The first-order chi connectivity index (χ1) is 52.3. The molecule has 0 aromatic rings. The molecule has 0 saturated carbocycles. The SMILES string of the molecule is CC/C=C\C/C=C\C/C=C\C/C=C\C/C=C\C/C=C\C/C=C\C/C=C\C/C=C\CCCCCCCCCCCC(=O)NC(COC1OC(CO)C(OC2OC(CO)C(OC3OC(CO)C(O)C(O)C3O)C(O)C2O)C(O)C1O)C(O)/C=C/CC/C=C/CCCCCCCCCCCCCCCCCCCCC. The van der Waals surface area contributed by atoms with Crippen LogP contribution in [0.2, 0.25) is 0 Å². The number of carbonyl (C=O) groups excluding carboxylic acids is 1. The second-order valence-electron chi connectivity index (χ2n) is 29.2. The molecule has 3 aliphatic heterocycles. The van der Waals surface area contributed by atoms with E-state index in [4.69, 9.17) is 28.4 Å². The summed E-state index contributed by atoms with van der Waals surface area (Å²) in [6, 6.07) is -1.00. The minimum Gasteiger partial charge on any atom is -0.394 e. The Bertz CT molecular complexity index is 2450. The van der Waals surface area contributed by atoms with E-state index >= 15 is 0 Å². The molecule has 3 heterocycles. The summed E-state index contributed by atoms with van der Waals surface area (Å²) in [6.07, 6.45) is 68.6. The number of nitrogens with one attached hydrogen (secondary N) is 1. The van der Waals surface area contributed by atoms with Gasteiger partial charge in [-0.1, -0.05) is 308 Å². The van der Waals surface area contributed by atoms with E-state index in [-0.39, 0.29) is 18.9 Å². The van der Waals surface area contributed by atoms with Gasteiger partial charge in [0, 0.05) is 6.42 Å². The van der Waals surface area contributed by atoms with Gasteiger partial charge >= 0.3 is 0 Å². The van der Waals surface area contributed by atoms with Gasteiger partial charge in [0.2, 0.25) is 5.91 Å². The predicted octanol–water partition coefficient (Wildman–Crippen LogP) is 14.8. The molecular weight excluding hydrogens is 1360 g/mol. The van der Waals surface area contributed by atoms with Crippen molar-refractivity contribution in [1.29, 1.82) is 0 Å². The molecule has 614 valence electrons. The van der Waals surface area contributed by atoms with Crippen molar-refractivity contribution in [2.24, 2.45) is 0 Å². The number of ether oxygens (including phenoxy) is 6. The molecule has 3 rings (SSSR count). The number of hydrogen-bond acceptors (Lipinski definition) is 18. The predicted molar refractivity (Wildman–Crippen MR) is 429 cm³/mol. The second kappa shape index (κ2) is 66.5. The van der Waals surface area contributed by atoms with Gasteiger partial charge in [0.1, 0.15) is 73.2 Å². The molecule has 3 saturated heterocycles. The number of allylic oxidation sites excluding steroid dienone is 21. The molecule has 0 spiro atoms. The monoisotopic (exact) mass is 1510 g/mol. The van der Waals surface area contributed by atoms with E-state index in [1.807, 2.05) is 6.08 Å². The third-order valence-corrected chi connectivity index (χ3v) is 19.9. The van der Waals surface area contributed by atoms with Gasteiger partial charge in [-0.3, -0.25) is 4.79 Å². The first kappa shape index (κ1) is 97.1. The molecule has 17 unspecified atom stereocenters. The summed E-state index contributed by atoms with van der Waals surface area (Å²) in [5, 5.41) is 121. The maximum Gasteiger partial charge on any atom is 0.220 e. The minimum atomic E-state index is -1.99. The quantitative estimate of drug-likeness (QED) is 0.0199. The van der Waals surface area contributed by atoms with Gasteiger partial charge in [-0.05, 0) is 103 Å². The van der Waals surface area contributed by atoms with Crippen LogP contribution in [-0.2, 0) is 33.2 Å². The molecule has 3 aliphatic rings. The fraction of sp³-hybridized carbons (Fsp3) is 0.739. The summed E-state index contributed by atoms with van der Waals surface area (Å²) in [6.45, 7) is 1.61. The van der Waals surface area contributed by atoms with E-state index in [9.17, 15) is 61.0 Å². The smallest absolute Gasteiger partial charge is 0.220 e. The first-order valence-electron chi connectivity index (χ1n) is 41.9. The van der Waals surface area contributed by atoms with Crippen LogP contribution < -0.4 is 5.32 Å². The van der Waals surface area contributed by atoms with Crippen molar-refractivity contribution in [3.63, 3.8) is 0 Å². The normalized spacial score (nSPS) is 26.2. The molecule has 0 aromatic carbocycles. The van der Waals surface area contributed by atoms with Crippen LogP contribution in [0.5, 0.6) is 0 Å². The van der Waals surface area contributed by atoms with Crippen molar-refractivity contribution >= 4 is 5.91 Å². The zero-order chi connectivity index (χ0) is 77.4. The third-order valence-electron chi connectivity index (χ3n) is 19.9. The highest BCUT2D eigenvalue weighted by atomic mass is 16.8. The molecule has 19 heteroatoms. The zero-order valence-corrected chi connectivity index (χ0v) is 65.8. The molecule has 0 bridgehead atoms. The molecule has 107 heavy (non-hydrogen) atoms. The molecular formula is C88H149NO18. The summed E-state index contributed by atoms with van der Waals surface area (Å²) >= 11 is 0. The molecule has 0 aromatic heterocycles. The van der Waals surface area contributed by atoms with E-state index in [1.54, 1.807) is 6.08 Å². The lowest BCUT2D eigenvalue weighted by molar-refractivity contribution is -0.379. The summed E-state index contributed by atoms with van der Waals surface area (Å²) in [7, 11) is 0. The highest BCUT2D eigenvalue weighted by Crippen LogP contribution is 2.33. The molecule has 17 atom stereocenters. The molecule has 3 fully saturated rings. The van der Waals surface area contributed by atoms with Gasteiger partial charge in [0.25, 0.3) is 0 Å². The lowest BCUT2D eigenvalue weighted by atomic mass is 9.96. The van der Waals surface area contributed by atoms with Crippen molar-refractivity contribution < 1.29 is 89.4 Å². The lowest BCUT2D eigenvalue weighted by Gasteiger charge is -2.48. The van der Waals surface area contributed by atoms with Crippen LogP contribution >= 0.6 is 0 Å². The topological polar surface area (TPSA) is 307 Å². The number of amides is 1. The van der Waals surface area contributed by atoms with Crippen molar-refractivity contribution in [2.75, 3.05) is 26.4 Å². The highest BCUT2D eigenvalue weighted by Gasteiger charge is 2.54. The molecule has 19 nitrogen and oxygen atoms in total. The zero-order valence-electron chi connectivity index (χ0n) is 65.8. The maximum absolute atomic E-state index is 13.5. The number of carbonyl (C=O) groups is 1. The van der Waals surface area contributed by atoms with Gasteiger partial charge < -0.3 is 89.9 Å².